The van der Waals surface area contributed by atoms with E-state index in [4.69, 9.17) is 17.0 Å². The molecule has 0 saturated carbocycles. The van der Waals surface area contributed by atoms with Gasteiger partial charge in [0.15, 0.2) is 5.11 Å². The van der Waals surface area contributed by atoms with Gasteiger partial charge in [-0.25, -0.2) is 4.79 Å². The molecule has 0 radical (unpaired) electrons. The van der Waals surface area contributed by atoms with Crippen molar-refractivity contribution in [2.24, 2.45) is 4.36 Å². The lowest BCUT2D eigenvalue weighted by molar-refractivity contribution is 0.259. The Morgan fingerprint density at radius 3 is 2.48 bits per heavy atom. The Morgan fingerprint density at radius 2 is 1.72 bits per heavy atom. The van der Waals surface area contributed by atoms with E-state index in [2.05, 4.69) is 48.7 Å². The molecule has 154 valence electrons. The summed E-state index contributed by atoms with van der Waals surface area (Å²) in [5.74, 6) is 0.616. The number of carbonyl (C=O) groups is 1. The van der Waals surface area contributed by atoms with Crippen LogP contribution in [0, 0.1) is 0 Å². The van der Waals surface area contributed by atoms with Crippen LogP contribution >= 0.6 is 28.1 Å². The maximum absolute atomic E-state index is 11.3. The topological polar surface area (TPSA) is 74.8 Å². The molecule has 0 atom stereocenters. The minimum Gasteiger partial charge on any atom is -0.491 e. The molecule has 2 rings (SSSR count). The van der Waals surface area contributed by atoms with Gasteiger partial charge in [-0.2, -0.15) is 0 Å². The average Bonchev–Trinajstić information content (AvgIpc) is 2.72. The first-order chi connectivity index (χ1) is 14.1. The monoisotopic (exact) mass is 494 g/mol. The van der Waals surface area contributed by atoms with E-state index in [0.29, 0.717) is 23.2 Å². The molecule has 0 aliphatic heterocycles. The number of amides is 2. The maximum Gasteiger partial charge on any atom is 0.356 e. The number of halogens is 1. The largest absolute Gasteiger partial charge is 0.491 e. The number of ether oxygens (including phenoxy) is 1. The van der Waals surface area contributed by atoms with Gasteiger partial charge < -0.3 is 20.7 Å². The SMILES string of the molecule is O=C(N=S)Nc1ccccc1OCCCCCCNC(=S)Nc1ccc(Br)cc1. The zero-order valence-corrected chi connectivity index (χ0v) is 19.0. The van der Waals surface area contributed by atoms with Crippen LogP contribution in [0.5, 0.6) is 5.75 Å². The van der Waals surface area contributed by atoms with Crippen LogP contribution in [0.2, 0.25) is 0 Å². The molecule has 0 aromatic heterocycles. The first-order valence-corrected chi connectivity index (χ1v) is 10.8. The molecule has 0 unspecified atom stereocenters. The van der Waals surface area contributed by atoms with Gasteiger partial charge in [-0.3, -0.25) is 0 Å². The highest BCUT2D eigenvalue weighted by molar-refractivity contribution is 9.10. The Bertz CT molecular complexity index is 818. The van der Waals surface area contributed by atoms with Crippen LogP contribution in [0.25, 0.3) is 0 Å². The molecule has 2 amide bonds. The van der Waals surface area contributed by atoms with E-state index >= 15 is 0 Å². The van der Waals surface area contributed by atoms with Crippen LogP contribution in [0.15, 0.2) is 57.4 Å². The molecule has 0 heterocycles. The van der Waals surface area contributed by atoms with E-state index < -0.39 is 6.03 Å². The fourth-order valence-corrected chi connectivity index (χ4v) is 3.04. The Morgan fingerprint density at radius 1 is 1.00 bits per heavy atom. The van der Waals surface area contributed by atoms with Crippen molar-refractivity contribution in [1.29, 1.82) is 0 Å². The molecule has 6 nitrogen and oxygen atoms in total. The van der Waals surface area contributed by atoms with Gasteiger partial charge in [0.2, 0.25) is 0 Å². The molecule has 0 aliphatic rings. The van der Waals surface area contributed by atoms with Gasteiger partial charge >= 0.3 is 6.03 Å². The van der Waals surface area contributed by atoms with Gasteiger partial charge in [0.1, 0.15) is 5.75 Å². The van der Waals surface area contributed by atoms with Crippen LogP contribution in [-0.4, -0.2) is 24.3 Å². The molecule has 0 aliphatic carbocycles. The summed E-state index contributed by atoms with van der Waals surface area (Å²) < 4.78 is 9.95. The highest BCUT2D eigenvalue weighted by Gasteiger charge is 2.06. The summed E-state index contributed by atoms with van der Waals surface area (Å²) >= 11 is 13.1. The molecule has 29 heavy (non-hydrogen) atoms. The zero-order chi connectivity index (χ0) is 20.9. The molecule has 0 bridgehead atoms. The Hall–Kier alpha value is -2.10. The molecule has 9 heteroatoms. The molecule has 0 saturated heterocycles. The quantitative estimate of drug-likeness (QED) is 0.293. The number of anilines is 2. The van der Waals surface area contributed by atoms with Crippen molar-refractivity contribution in [1.82, 2.24) is 5.32 Å². The van der Waals surface area contributed by atoms with Crippen LogP contribution in [0.1, 0.15) is 25.7 Å². The van der Waals surface area contributed by atoms with Crippen molar-refractivity contribution in [3.63, 3.8) is 0 Å². The Kier molecular flexibility index (Phi) is 10.5. The fraction of sp³-hybridized carbons (Fsp3) is 0.300. The third kappa shape index (κ3) is 9.29. The number of carbonyl (C=O) groups excluding carboxylic acids is 1. The molecule has 0 spiro atoms. The van der Waals surface area contributed by atoms with Crippen LogP contribution in [-0.2, 0) is 12.4 Å². The van der Waals surface area contributed by atoms with Gasteiger partial charge in [-0.15, -0.1) is 4.36 Å². The normalized spacial score (nSPS) is 10.1. The van der Waals surface area contributed by atoms with Gasteiger partial charge in [-0.05, 0) is 61.5 Å². The van der Waals surface area contributed by atoms with Crippen molar-refractivity contribution in [3.05, 3.63) is 53.0 Å². The first kappa shape index (κ1) is 23.2. The smallest absolute Gasteiger partial charge is 0.356 e. The van der Waals surface area contributed by atoms with E-state index in [1.165, 1.54) is 0 Å². The van der Waals surface area contributed by atoms with Crippen molar-refractivity contribution >= 4 is 63.1 Å². The summed E-state index contributed by atoms with van der Waals surface area (Å²) in [6, 6.07) is 14.5. The maximum atomic E-state index is 11.3. The number of unbranched alkanes of at least 4 members (excludes halogenated alkanes) is 3. The summed E-state index contributed by atoms with van der Waals surface area (Å²) in [5.41, 5.74) is 1.53. The summed E-state index contributed by atoms with van der Waals surface area (Å²) in [4.78, 5) is 11.3. The number of hydrogen-bond donors (Lipinski definition) is 3. The number of nitrogens with zero attached hydrogens (tertiary/aromatic N) is 1. The average molecular weight is 495 g/mol. The fourth-order valence-electron chi connectivity index (χ4n) is 2.51. The lowest BCUT2D eigenvalue weighted by atomic mass is 10.2. The van der Waals surface area contributed by atoms with Gasteiger partial charge in [0.05, 0.1) is 12.3 Å². The molecule has 3 N–H and O–H groups in total. The second-order valence-corrected chi connectivity index (χ2v) is 7.67. The van der Waals surface area contributed by atoms with E-state index in [-0.39, 0.29) is 0 Å². The minimum absolute atomic E-state index is 0.571. The Balaban J connectivity index is 1.55. The Labute approximate surface area is 190 Å². The predicted octanol–water partition coefficient (Wildman–Crippen LogP) is 5.64. The number of urea groups is 1. The van der Waals surface area contributed by atoms with Crippen LogP contribution in [0.3, 0.4) is 0 Å². The highest BCUT2D eigenvalue weighted by Crippen LogP contribution is 2.24. The van der Waals surface area contributed by atoms with Gasteiger partial charge in [0.25, 0.3) is 0 Å². The summed E-state index contributed by atoms with van der Waals surface area (Å²) in [7, 11) is 0. The highest BCUT2D eigenvalue weighted by atomic mass is 79.9. The number of thiocarbonyl (C=S) groups is 1. The number of benzene rings is 2. The molecule has 2 aromatic carbocycles. The molecular weight excluding hydrogens is 472 g/mol. The lowest BCUT2D eigenvalue weighted by Gasteiger charge is -2.12. The second-order valence-electron chi connectivity index (χ2n) is 6.17. The summed E-state index contributed by atoms with van der Waals surface area (Å²) in [6.07, 6.45) is 4.07. The van der Waals surface area contributed by atoms with Gasteiger partial charge in [-0.1, -0.05) is 40.9 Å². The lowest BCUT2D eigenvalue weighted by Crippen LogP contribution is -2.29. The van der Waals surface area contributed by atoms with E-state index in [1.54, 1.807) is 6.07 Å². The van der Waals surface area contributed by atoms with Gasteiger partial charge in [0, 0.05) is 29.1 Å². The van der Waals surface area contributed by atoms with Crippen molar-refractivity contribution in [3.8, 4) is 5.75 Å². The van der Waals surface area contributed by atoms with E-state index in [9.17, 15) is 4.79 Å². The third-order valence-corrected chi connectivity index (χ3v) is 4.87. The third-order valence-electron chi connectivity index (χ3n) is 3.93. The van der Waals surface area contributed by atoms with Crippen LogP contribution < -0.4 is 20.7 Å². The number of hydrogen-bond acceptors (Lipinski definition) is 4. The molecular formula is C20H23BrN4O2S2. The summed E-state index contributed by atoms with van der Waals surface area (Å²) in [5, 5.41) is 9.59. The molecule has 0 fully saturated rings. The number of nitrogens with one attached hydrogen (secondary N) is 3. The first-order valence-electron chi connectivity index (χ1n) is 9.25. The van der Waals surface area contributed by atoms with Crippen molar-refractivity contribution in [2.75, 3.05) is 23.8 Å². The van der Waals surface area contributed by atoms with E-state index in [1.807, 2.05) is 42.5 Å². The molecule has 2 aromatic rings. The van der Waals surface area contributed by atoms with Crippen molar-refractivity contribution in [2.45, 2.75) is 25.7 Å². The minimum atomic E-state index is -0.573. The standard InChI is InChI=1S/C20H23BrN4O2S2/c21-15-9-11-16(12-10-15)23-20(28)22-13-5-1-2-6-14-27-18-8-4-3-7-17(18)24-19(26)25-29/h3-4,7-12H,1-2,5-6,13-14H2,(H,24,26)(H2,22,23,28). The van der Waals surface area contributed by atoms with Crippen molar-refractivity contribution < 1.29 is 9.53 Å². The van der Waals surface area contributed by atoms with Crippen LogP contribution in [0.4, 0.5) is 16.2 Å². The zero-order valence-electron chi connectivity index (χ0n) is 15.8. The predicted molar refractivity (Wildman–Crippen MR) is 128 cm³/mol. The summed E-state index contributed by atoms with van der Waals surface area (Å²) in [6.45, 7) is 1.40. The number of rotatable bonds is 10. The van der Waals surface area contributed by atoms with E-state index in [0.717, 1.165) is 42.4 Å². The number of para-hydroxylation sites is 2. The second kappa shape index (κ2) is 13.2.